The zero-order chi connectivity index (χ0) is 24.3. The number of amides is 1. The summed E-state index contributed by atoms with van der Waals surface area (Å²) in [5, 5.41) is 3.90. The van der Waals surface area contributed by atoms with Crippen molar-refractivity contribution in [1.29, 1.82) is 0 Å². The van der Waals surface area contributed by atoms with Crippen LogP contribution in [0, 0.1) is 5.82 Å². The minimum atomic E-state index is -0.536. The number of nitrogens with one attached hydrogen (secondary N) is 1. The minimum absolute atomic E-state index is 0.239. The molecular formula is C26H25FN2O5. The van der Waals surface area contributed by atoms with E-state index in [1.807, 2.05) is 0 Å². The third kappa shape index (κ3) is 6.90. The summed E-state index contributed by atoms with van der Waals surface area (Å²) in [4.78, 5) is 24.6. The first-order valence-corrected chi connectivity index (χ1v) is 10.7. The molecule has 0 spiro atoms. The lowest BCUT2D eigenvalue weighted by molar-refractivity contribution is 0.0729. The maximum Gasteiger partial charge on any atom is 0.343 e. The molecule has 0 saturated heterocycles. The number of esters is 1. The van der Waals surface area contributed by atoms with Gasteiger partial charge in [-0.05, 0) is 78.7 Å². The molecule has 3 aromatic rings. The molecule has 1 amide bonds. The Morgan fingerprint density at radius 1 is 0.971 bits per heavy atom. The SMILES string of the molecule is CCCCOc1ccc(C(=O)Oc2ccc(/C=N\NC(=O)c3ccc(F)cc3)cc2OC)cc1. The molecule has 0 atom stereocenters. The standard InChI is InChI=1S/C26H25FN2O5/c1-3-4-15-33-22-12-8-20(9-13-22)26(31)34-23-14-5-18(16-24(23)32-2)17-28-29-25(30)19-6-10-21(27)11-7-19/h5-14,16-17H,3-4,15H2,1-2H3,(H,29,30)/b28-17-. The van der Waals surface area contributed by atoms with Crippen molar-refractivity contribution < 1.29 is 28.2 Å². The van der Waals surface area contributed by atoms with Crippen LogP contribution in [0.25, 0.3) is 0 Å². The maximum absolute atomic E-state index is 13.0. The van der Waals surface area contributed by atoms with E-state index >= 15 is 0 Å². The minimum Gasteiger partial charge on any atom is -0.494 e. The molecule has 0 aliphatic heterocycles. The van der Waals surface area contributed by atoms with Crippen molar-refractivity contribution in [2.75, 3.05) is 13.7 Å². The lowest BCUT2D eigenvalue weighted by Gasteiger charge is -2.10. The highest BCUT2D eigenvalue weighted by Crippen LogP contribution is 2.28. The number of unbranched alkanes of at least 4 members (excludes halogenated alkanes) is 1. The van der Waals surface area contributed by atoms with Gasteiger partial charge in [0, 0.05) is 5.56 Å². The molecule has 0 bridgehead atoms. The molecule has 34 heavy (non-hydrogen) atoms. The number of rotatable bonds is 10. The summed E-state index contributed by atoms with van der Waals surface area (Å²) >= 11 is 0. The summed E-state index contributed by atoms with van der Waals surface area (Å²) < 4.78 is 29.4. The van der Waals surface area contributed by atoms with Gasteiger partial charge in [0.25, 0.3) is 5.91 Å². The van der Waals surface area contributed by atoms with Crippen LogP contribution < -0.4 is 19.6 Å². The van der Waals surface area contributed by atoms with E-state index in [9.17, 15) is 14.0 Å². The van der Waals surface area contributed by atoms with Gasteiger partial charge in [0.15, 0.2) is 11.5 Å². The fourth-order valence-electron chi connectivity index (χ4n) is 2.86. The highest BCUT2D eigenvalue weighted by molar-refractivity contribution is 5.95. The number of hydrazone groups is 1. The molecule has 1 N–H and O–H groups in total. The predicted molar refractivity (Wildman–Crippen MR) is 126 cm³/mol. The van der Waals surface area contributed by atoms with Crippen LogP contribution in [0.3, 0.4) is 0 Å². The van der Waals surface area contributed by atoms with Crippen LogP contribution in [-0.2, 0) is 0 Å². The second-order valence-electron chi connectivity index (χ2n) is 7.23. The van der Waals surface area contributed by atoms with Crippen molar-refractivity contribution >= 4 is 18.1 Å². The number of nitrogens with zero attached hydrogens (tertiary/aromatic N) is 1. The van der Waals surface area contributed by atoms with Gasteiger partial charge >= 0.3 is 5.97 Å². The van der Waals surface area contributed by atoms with Gasteiger partial charge in [0.1, 0.15) is 11.6 Å². The molecule has 3 rings (SSSR count). The summed E-state index contributed by atoms with van der Waals surface area (Å²) in [6.45, 7) is 2.72. The molecule has 0 unspecified atom stereocenters. The van der Waals surface area contributed by atoms with E-state index < -0.39 is 17.7 Å². The average Bonchev–Trinajstić information content (AvgIpc) is 2.85. The maximum atomic E-state index is 13.0. The highest BCUT2D eigenvalue weighted by atomic mass is 19.1. The summed E-state index contributed by atoms with van der Waals surface area (Å²) in [6, 6.07) is 16.7. The first kappa shape index (κ1) is 24.4. The van der Waals surface area contributed by atoms with E-state index in [1.165, 1.54) is 37.6 Å². The average molecular weight is 464 g/mol. The normalized spacial score (nSPS) is 10.7. The van der Waals surface area contributed by atoms with Crippen molar-refractivity contribution in [2.24, 2.45) is 5.10 Å². The van der Waals surface area contributed by atoms with Crippen LogP contribution in [-0.4, -0.2) is 31.8 Å². The van der Waals surface area contributed by atoms with Gasteiger partial charge in [-0.15, -0.1) is 0 Å². The third-order valence-corrected chi connectivity index (χ3v) is 4.73. The van der Waals surface area contributed by atoms with Crippen LogP contribution in [0.5, 0.6) is 17.2 Å². The molecule has 0 aliphatic carbocycles. The second-order valence-corrected chi connectivity index (χ2v) is 7.23. The smallest absolute Gasteiger partial charge is 0.343 e. The Kier molecular flexibility index (Phi) is 8.73. The molecule has 0 radical (unpaired) electrons. The summed E-state index contributed by atoms with van der Waals surface area (Å²) in [5.41, 5.74) is 3.62. The zero-order valence-corrected chi connectivity index (χ0v) is 18.9. The van der Waals surface area contributed by atoms with E-state index in [0.29, 0.717) is 29.2 Å². The number of carbonyl (C=O) groups is 2. The van der Waals surface area contributed by atoms with Gasteiger partial charge in [-0.3, -0.25) is 4.79 Å². The molecule has 7 nitrogen and oxygen atoms in total. The number of hydrogen-bond acceptors (Lipinski definition) is 6. The molecule has 8 heteroatoms. The number of carbonyl (C=O) groups excluding carboxylic acids is 2. The van der Waals surface area contributed by atoms with Crippen LogP contribution in [0.2, 0.25) is 0 Å². The van der Waals surface area contributed by atoms with Gasteiger partial charge in [0.2, 0.25) is 0 Å². The monoisotopic (exact) mass is 464 g/mol. The number of methoxy groups -OCH3 is 1. The summed E-state index contributed by atoms with van der Waals surface area (Å²) in [6.07, 6.45) is 3.42. The Labute approximate surface area is 197 Å². The highest BCUT2D eigenvalue weighted by Gasteiger charge is 2.13. The zero-order valence-electron chi connectivity index (χ0n) is 18.9. The predicted octanol–water partition coefficient (Wildman–Crippen LogP) is 5.00. The van der Waals surface area contributed by atoms with Crippen LogP contribution in [0.15, 0.2) is 71.8 Å². The molecule has 0 heterocycles. The Morgan fingerprint density at radius 3 is 2.35 bits per heavy atom. The number of hydrogen-bond donors (Lipinski definition) is 1. The van der Waals surface area contributed by atoms with Gasteiger partial charge in [-0.2, -0.15) is 5.10 Å². The molecule has 3 aromatic carbocycles. The Hall–Kier alpha value is -4.20. The van der Waals surface area contributed by atoms with Crippen molar-refractivity contribution in [1.82, 2.24) is 5.43 Å². The second kappa shape index (κ2) is 12.2. The number of ether oxygens (including phenoxy) is 3. The fraction of sp³-hybridized carbons (Fsp3) is 0.192. The van der Waals surface area contributed by atoms with Crippen LogP contribution in [0.4, 0.5) is 4.39 Å². The van der Waals surface area contributed by atoms with E-state index in [4.69, 9.17) is 14.2 Å². The van der Waals surface area contributed by atoms with Crippen molar-refractivity contribution in [3.8, 4) is 17.2 Å². The Morgan fingerprint density at radius 2 is 1.68 bits per heavy atom. The Balaban J connectivity index is 1.60. The topological polar surface area (TPSA) is 86.2 Å². The first-order valence-electron chi connectivity index (χ1n) is 10.7. The van der Waals surface area contributed by atoms with Crippen molar-refractivity contribution in [3.63, 3.8) is 0 Å². The molecular weight excluding hydrogens is 439 g/mol. The van der Waals surface area contributed by atoms with E-state index in [1.54, 1.807) is 42.5 Å². The van der Waals surface area contributed by atoms with Gasteiger partial charge in [-0.1, -0.05) is 13.3 Å². The molecule has 0 fully saturated rings. The molecule has 0 aromatic heterocycles. The summed E-state index contributed by atoms with van der Waals surface area (Å²) in [5.74, 6) is -0.189. The number of halogens is 1. The van der Waals surface area contributed by atoms with E-state index in [0.717, 1.165) is 12.8 Å². The fourth-order valence-corrected chi connectivity index (χ4v) is 2.86. The lowest BCUT2D eigenvalue weighted by atomic mass is 10.2. The van der Waals surface area contributed by atoms with Gasteiger partial charge in [0.05, 0.1) is 25.5 Å². The van der Waals surface area contributed by atoms with Crippen LogP contribution in [0.1, 0.15) is 46.0 Å². The van der Waals surface area contributed by atoms with Gasteiger partial charge < -0.3 is 14.2 Å². The molecule has 176 valence electrons. The largest absolute Gasteiger partial charge is 0.494 e. The lowest BCUT2D eigenvalue weighted by Crippen LogP contribution is -2.17. The Bertz CT molecular complexity index is 1140. The van der Waals surface area contributed by atoms with Gasteiger partial charge in [-0.25, -0.2) is 14.6 Å². The van der Waals surface area contributed by atoms with Crippen molar-refractivity contribution in [2.45, 2.75) is 19.8 Å². The van der Waals surface area contributed by atoms with Crippen molar-refractivity contribution in [3.05, 3.63) is 89.2 Å². The van der Waals surface area contributed by atoms with E-state index in [-0.39, 0.29) is 11.3 Å². The summed E-state index contributed by atoms with van der Waals surface area (Å²) in [7, 11) is 1.45. The number of benzene rings is 3. The van der Waals surface area contributed by atoms with Crippen LogP contribution >= 0.6 is 0 Å². The quantitative estimate of drug-likeness (QED) is 0.150. The molecule has 0 saturated carbocycles. The first-order chi connectivity index (χ1) is 16.5. The third-order valence-electron chi connectivity index (χ3n) is 4.73. The molecule has 0 aliphatic rings. The van der Waals surface area contributed by atoms with E-state index in [2.05, 4.69) is 17.5 Å².